The molecule has 0 radical (unpaired) electrons. The van der Waals surface area contributed by atoms with Gasteiger partial charge in [-0.3, -0.25) is 14.9 Å². The molecule has 1 unspecified atom stereocenters. The number of carbonyl (C=O) groups excluding carboxylic acids is 1. The molecule has 1 heterocycles. The minimum absolute atomic E-state index is 0. The highest BCUT2D eigenvalue weighted by Crippen LogP contribution is 2.28. The highest BCUT2D eigenvalue weighted by atomic mass is 35.5. The van der Waals surface area contributed by atoms with E-state index in [2.05, 4.69) is 6.92 Å². The van der Waals surface area contributed by atoms with Crippen molar-refractivity contribution in [2.75, 3.05) is 26.2 Å². The van der Waals surface area contributed by atoms with Crippen LogP contribution in [0, 0.1) is 15.5 Å². The van der Waals surface area contributed by atoms with Crippen LogP contribution >= 0.6 is 12.4 Å². The van der Waals surface area contributed by atoms with Crippen molar-refractivity contribution in [2.45, 2.75) is 13.3 Å². The highest BCUT2D eigenvalue weighted by molar-refractivity contribution is 5.85. The number of halogens is 1. The number of rotatable bonds is 5. The summed E-state index contributed by atoms with van der Waals surface area (Å²) in [6.07, 6.45) is 0.881. The van der Waals surface area contributed by atoms with Crippen molar-refractivity contribution in [3.05, 3.63) is 34.4 Å². The number of nitrogens with two attached hydrogens (primary N) is 1. The van der Waals surface area contributed by atoms with Gasteiger partial charge in [0.05, 0.1) is 11.0 Å². The van der Waals surface area contributed by atoms with Crippen LogP contribution in [0.15, 0.2) is 24.3 Å². The molecule has 1 aromatic rings. The van der Waals surface area contributed by atoms with E-state index < -0.39 is 4.92 Å². The van der Waals surface area contributed by atoms with E-state index in [9.17, 15) is 14.9 Å². The third-order valence-corrected chi connectivity index (χ3v) is 3.79. The fourth-order valence-electron chi connectivity index (χ4n) is 2.33. The molecular formula is C14H20ClN3O4. The number of nitrogens with zero attached hydrogens (tertiary/aromatic N) is 2. The molecule has 1 atom stereocenters. The minimum Gasteiger partial charge on any atom is -0.484 e. The average molecular weight is 330 g/mol. The monoisotopic (exact) mass is 329 g/mol. The Bertz CT molecular complexity index is 555. The third kappa shape index (κ3) is 4.32. The van der Waals surface area contributed by atoms with Gasteiger partial charge in [-0.15, -0.1) is 12.4 Å². The predicted octanol–water partition coefficient (Wildman–Crippen LogP) is 1.59. The van der Waals surface area contributed by atoms with Crippen molar-refractivity contribution in [3.8, 4) is 5.75 Å². The Balaban J connectivity index is 0.00000242. The molecule has 0 saturated carbocycles. The van der Waals surface area contributed by atoms with Crippen molar-refractivity contribution in [2.24, 2.45) is 11.1 Å². The molecule has 2 rings (SSSR count). The van der Waals surface area contributed by atoms with Crippen LogP contribution in [-0.4, -0.2) is 42.0 Å². The molecule has 22 heavy (non-hydrogen) atoms. The zero-order valence-corrected chi connectivity index (χ0v) is 13.2. The second-order valence-corrected chi connectivity index (χ2v) is 5.62. The van der Waals surface area contributed by atoms with Crippen LogP contribution in [-0.2, 0) is 4.79 Å². The molecule has 1 aliphatic heterocycles. The van der Waals surface area contributed by atoms with Gasteiger partial charge in [0, 0.05) is 19.2 Å². The lowest BCUT2D eigenvalue weighted by Crippen LogP contribution is -2.36. The Labute approximate surface area is 135 Å². The number of ether oxygens (including phenoxy) is 1. The van der Waals surface area contributed by atoms with Crippen LogP contribution in [0.4, 0.5) is 5.69 Å². The number of nitro groups is 1. The van der Waals surface area contributed by atoms with Gasteiger partial charge in [0.15, 0.2) is 6.61 Å². The van der Waals surface area contributed by atoms with Crippen LogP contribution in [0.5, 0.6) is 5.75 Å². The maximum Gasteiger partial charge on any atom is 0.273 e. The van der Waals surface area contributed by atoms with Crippen molar-refractivity contribution >= 4 is 24.0 Å². The molecule has 2 N–H and O–H groups in total. The number of hydrogen-bond donors (Lipinski definition) is 1. The molecule has 0 bridgehead atoms. The summed E-state index contributed by atoms with van der Waals surface area (Å²) in [5.41, 5.74) is 5.62. The smallest absolute Gasteiger partial charge is 0.273 e. The largest absolute Gasteiger partial charge is 0.484 e. The number of hydrogen-bond acceptors (Lipinski definition) is 5. The molecular weight excluding hydrogens is 310 g/mol. The number of non-ortho nitro benzene ring substituents is 1. The van der Waals surface area contributed by atoms with E-state index >= 15 is 0 Å². The van der Waals surface area contributed by atoms with Gasteiger partial charge in [0.2, 0.25) is 0 Å². The summed E-state index contributed by atoms with van der Waals surface area (Å²) in [6, 6.07) is 5.80. The molecule has 0 aliphatic carbocycles. The first-order chi connectivity index (χ1) is 9.93. The minimum atomic E-state index is -0.498. The Hall–Kier alpha value is -1.86. The summed E-state index contributed by atoms with van der Waals surface area (Å²) in [4.78, 5) is 24.0. The van der Waals surface area contributed by atoms with E-state index in [-0.39, 0.29) is 36.0 Å². The van der Waals surface area contributed by atoms with Gasteiger partial charge in [-0.2, -0.15) is 0 Å². The second kappa shape index (κ2) is 7.42. The fraction of sp³-hybridized carbons (Fsp3) is 0.500. The number of nitro benzene ring substituents is 1. The van der Waals surface area contributed by atoms with Crippen molar-refractivity contribution in [1.29, 1.82) is 0 Å². The summed E-state index contributed by atoms with van der Waals surface area (Å²) in [5.74, 6) is 0.192. The first kappa shape index (κ1) is 18.2. The molecule has 8 heteroatoms. The van der Waals surface area contributed by atoms with Crippen molar-refractivity contribution < 1.29 is 14.5 Å². The average Bonchev–Trinajstić information content (AvgIpc) is 2.88. The molecule has 1 fully saturated rings. The molecule has 7 nitrogen and oxygen atoms in total. The summed E-state index contributed by atoms with van der Waals surface area (Å²) in [7, 11) is 0. The summed E-state index contributed by atoms with van der Waals surface area (Å²) < 4.78 is 5.35. The van der Waals surface area contributed by atoms with Gasteiger partial charge in [0.25, 0.3) is 11.6 Å². The topological polar surface area (TPSA) is 98.7 Å². The number of carbonyl (C=O) groups is 1. The van der Waals surface area contributed by atoms with Gasteiger partial charge in [-0.05, 0) is 24.4 Å². The SMILES string of the molecule is CC1(CN)CCN(C(=O)COc2cccc([N+](=O)[O-])c2)C1.Cl. The van der Waals surface area contributed by atoms with Gasteiger partial charge in [-0.25, -0.2) is 0 Å². The summed E-state index contributed by atoms with van der Waals surface area (Å²) >= 11 is 0. The van der Waals surface area contributed by atoms with Crippen LogP contribution in [0.3, 0.4) is 0 Å². The molecule has 1 amide bonds. The number of likely N-dealkylation sites (tertiary alicyclic amines) is 1. The number of amides is 1. The Morgan fingerprint density at radius 3 is 2.86 bits per heavy atom. The normalized spacial score (nSPS) is 20.4. The summed E-state index contributed by atoms with van der Waals surface area (Å²) in [5, 5.41) is 10.7. The Morgan fingerprint density at radius 1 is 1.55 bits per heavy atom. The molecule has 0 aromatic heterocycles. The van der Waals surface area contributed by atoms with E-state index in [0.29, 0.717) is 25.4 Å². The molecule has 1 aromatic carbocycles. The first-order valence-electron chi connectivity index (χ1n) is 6.79. The van der Waals surface area contributed by atoms with Crippen LogP contribution < -0.4 is 10.5 Å². The lowest BCUT2D eigenvalue weighted by Gasteiger charge is -2.22. The van der Waals surface area contributed by atoms with E-state index in [1.165, 1.54) is 18.2 Å². The maximum absolute atomic E-state index is 12.1. The third-order valence-electron chi connectivity index (χ3n) is 3.79. The van der Waals surface area contributed by atoms with E-state index in [0.717, 1.165) is 6.42 Å². The molecule has 1 saturated heterocycles. The Kier molecular flexibility index (Phi) is 6.13. The predicted molar refractivity (Wildman–Crippen MR) is 84.2 cm³/mol. The zero-order valence-electron chi connectivity index (χ0n) is 12.4. The fourth-order valence-corrected chi connectivity index (χ4v) is 2.33. The lowest BCUT2D eigenvalue weighted by molar-refractivity contribution is -0.384. The van der Waals surface area contributed by atoms with Crippen LogP contribution in [0.2, 0.25) is 0 Å². The first-order valence-corrected chi connectivity index (χ1v) is 6.79. The van der Waals surface area contributed by atoms with E-state index in [1.807, 2.05) is 0 Å². The quantitative estimate of drug-likeness (QED) is 0.653. The number of benzene rings is 1. The van der Waals surface area contributed by atoms with Gasteiger partial charge >= 0.3 is 0 Å². The second-order valence-electron chi connectivity index (χ2n) is 5.62. The van der Waals surface area contributed by atoms with Crippen LogP contribution in [0.25, 0.3) is 0 Å². The van der Waals surface area contributed by atoms with Gasteiger partial charge in [-0.1, -0.05) is 13.0 Å². The molecule has 0 spiro atoms. The lowest BCUT2D eigenvalue weighted by atomic mass is 9.90. The van der Waals surface area contributed by atoms with E-state index in [1.54, 1.807) is 11.0 Å². The highest BCUT2D eigenvalue weighted by Gasteiger charge is 2.34. The Morgan fingerprint density at radius 2 is 2.27 bits per heavy atom. The van der Waals surface area contributed by atoms with Crippen LogP contribution in [0.1, 0.15) is 13.3 Å². The molecule has 122 valence electrons. The van der Waals surface area contributed by atoms with Gasteiger partial charge in [0.1, 0.15) is 5.75 Å². The zero-order chi connectivity index (χ0) is 15.5. The molecule has 1 aliphatic rings. The van der Waals surface area contributed by atoms with Crippen molar-refractivity contribution in [3.63, 3.8) is 0 Å². The maximum atomic E-state index is 12.1. The summed E-state index contributed by atoms with van der Waals surface area (Å²) in [6.45, 7) is 3.78. The van der Waals surface area contributed by atoms with E-state index in [4.69, 9.17) is 10.5 Å². The van der Waals surface area contributed by atoms with Crippen molar-refractivity contribution in [1.82, 2.24) is 4.90 Å². The standard InChI is InChI=1S/C14H19N3O4.ClH/c1-14(9-15)5-6-16(10-14)13(18)8-21-12-4-2-3-11(7-12)17(19)20;/h2-4,7H,5-6,8-10,15H2,1H3;1H. The van der Waals surface area contributed by atoms with Gasteiger partial charge < -0.3 is 15.4 Å².